The van der Waals surface area contributed by atoms with Crippen LogP contribution in [-0.2, 0) is 14.3 Å². The average Bonchev–Trinajstić information content (AvgIpc) is 2.40. The number of rotatable bonds is 11. The van der Waals surface area contributed by atoms with Gasteiger partial charge in [-0.25, -0.2) is 4.79 Å². The Balaban J connectivity index is 3.62. The Bertz CT molecular complexity index is 282. The number of carbonyl (C=O) groups excluding carboxylic acids is 1. The molecule has 0 heterocycles. The van der Waals surface area contributed by atoms with E-state index < -0.39 is 0 Å². The van der Waals surface area contributed by atoms with Gasteiger partial charge >= 0.3 is 5.97 Å². The molecule has 0 aliphatic heterocycles. The maximum absolute atomic E-state index is 11.1. The highest BCUT2D eigenvalue weighted by atomic mass is 16.6. The van der Waals surface area contributed by atoms with Crippen molar-refractivity contribution in [2.75, 3.05) is 13.2 Å². The zero-order chi connectivity index (χ0) is 14.5. The summed E-state index contributed by atoms with van der Waals surface area (Å²) in [6, 6.07) is 0. The van der Waals surface area contributed by atoms with Gasteiger partial charge in [-0.15, -0.1) is 0 Å². The summed E-state index contributed by atoms with van der Waals surface area (Å²) in [5.41, 5.74) is 0.426. The highest BCUT2D eigenvalue weighted by Crippen LogP contribution is 2.09. The first kappa shape index (κ1) is 17.9. The molecule has 3 heteroatoms. The Morgan fingerprint density at radius 3 is 2.58 bits per heavy atom. The molecule has 0 fully saturated rings. The topological polar surface area (TPSA) is 35.5 Å². The van der Waals surface area contributed by atoms with E-state index >= 15 is 0 Å². The predicted octanol–water partition coefficient (Wildman–Crippen LogP) is 4.04. The fourth-order valence-electron chi connectivity index (χ4n) is 1.63. The molecule has 0 aromatic carbocycles. The number of ether oxygens (including phenoxy) is 2. The lowest BCUT2D eigenvalue weighted by molar-refractivity contribution is -0.141. The van der Waals surface area contributed by atoms with Gasteiger partial charge in [-0.3, -0.25) is 0 Å². The predicted molar refractivity (Wildman–Crippen MR) is 79.1 cm³/mol. The van der Waals surface area contributed by atoms with Gasteiger partial charge in [0.25, 0.3) is 0 Å². The molecule has 19 heavy (non-hydrogen) atoms. The summed E-state index contributed by atoms with van der Waals surface area (Å²) >= 11 is 0. The van der Waals surface area contributed by atoms with E-state index in [1.165, 1.54) is 0 Å². The number of hydrogen-bond acceptors (Lipinski definition) is 3. The first-order valence-electron chi connectivity index (χ1n) is 7.21. The molecule has 0 aliphatic carbocycles. The number of hydrogen-bond donors (Lipinski definition) is 0. The number of unbranched alkanes of at least 4 members (excludes halogenated alkanes) is 1. The largest absolute Gasteiger partial charge is 0.460 e. The van der Waals surface area contributed by atoms with Crippen molar-refractivity contribution in [1.29, 1.82) is 0 Å². The van der Waals surface area contributed by atoms with Crippen molar-refractivity contribution in [1.82, 2.24) is 0 Å². The smallest absolute Gasteiger partial charge is 0.333 e. The second kappa shape index (κ2) is 12.0. The third-order valence-corrected chi connectivity index (χ3v) is 2.77. The molecule has 0 bridgehead atoms. The highest BCUT2D eigenvalue weighted by molar-refractivity contribution is 5.86. The van der Waals surface area contributed by atoms with E-state index in [0.29, 0.717) is 18.8 Å². The number of esters is 1. The Hall–Kier alpha value is -1.09. The van der Waals surface area contributed by atoms with Crippen LogP contribution in [0.1, 0.15) is 52.9 Å². The Kier molecular flexibility index (Phi) is 11.3. The molecule has 0 radical (unpaired) electrons. The summed E-state index contributed by atoms with van der Waals surface area (Å²) in [6.45, 7) is 10.2. The zero-order valence-electron chi connectivity index (χ0n) is 12.6. The molecule has 0 saturated carbocycles. The third-order valence-electron chi connectivity index (χ3n) is 2.77. The van der Waals surface area contributed by atoms with Crippen LogP contribution in [-0.4, -0.2) is 25.3 Å². The lowest BCUT2D eigenvalue weighted by atomic mass is 10.1. The monoisotopic (exact) mass is 268 g/mol. The second-order valence-electron chi connectivity index (χ2n) is 4.63. The summed E-state index contributed by atoms with van der Waals surface area (Å²) in [7, 11) is 0. The van der Waals surface area contributed by atoms with Gasteiger partial charge in [-0.2, -0.15) is 0 Å². The van der Waals surface area contributed by atoms with Crippen molar-refractivity contribution in [2.24, 2.45) is 0 Å². The van der Waals surface area contributed by atoms with Crippen LogP contribution < -0.4 is 0 Å². The minimum atomic E-state index is -0.346. The number of allylic oxidation sites excluding steroid dienone is 2. The molecule has 3 nitrogen and oxygen atoms in total. The summed E-state index contributed by atoms with van der Waals surface area (Å²) in [4.78, 5) is 11.1. The Morgan fingerprint density at radius 2 is 2.00 bits per heavy atom. The molecule has 0 aromatic heterocycles. The molecule has 0 N–H and O–H groups in total. The van der Waals surface area contributed by atoms with E-state index in [0.717, 1.165) is 32.1 Å². The van der Waals surface area contributed by atoms with Crippen LogP contribution in [0.4, 0.5) is 0 Å². The van der Waals surface area contributed by atoms with Crippen molar-refractivity contribution in [3.63, 3.8) is 0 Å². The summed E-state index contributed by atoms with van der Waals surface area (Å²) in [5.74, 6) is -0.346. The van der Waals surface area contributed by atoms with Gasteiger partial charge in [-0.05, 0) is 39.0 Å². The summed E-state index contributed by atoms with van der Waals surface area (Å²) in [6.07, 6.45) is 10.1. The van der Waals surface area contributed by atoms with E-state index in [4.69, 9.17) is 9.47 Å². The molecule has 1 unspecified atom stereocenters. The minimum absolute atomic E-state index is 0.263. The molecule has 0 aromatic rings. The van der Waals surface area contributed by atoms with Crippen LogP contribution in [0.25, 0.3) is 0 Å². The van der Waals surface area contributed by atoms with E-state index in [9.17, 15) is 4.79 Å². The van der Waals surface area contributed by atoms with Crippen LogP contribution in [0.5, 0.6) is 0 Å². The molecular formula is C16H28O3. The van der Waals surface area contributed by atoms with E-state index in [2.05, 4.69) is 32.6 Å². The van der Waals surface area contributed by atoms with Crippen molar-refractivity contribution in [3.8, 4) is 0 Å². The quantitative estimate of drug-likeness (QED) is 0.245. The van der Waals surface area contributed by atoms with Crippen molar-refractivity contribution < 1.29 is 14.3 Å². The third kappa shape index (κ3) is 10.5. The lowest BCUT2D eigenvalue weighted by Crippen LogP contribution is -2.17. The van der Waals surface area contributed by atoms with E-state index in [1.807, 2.05) is 0 Å². The van der Waals surface area contributed by atoms with Crippen LogP contribution in [0.2, 0.25) is 0 Å². The fourth-order valence-corrected chi connectivity index (χ4v) is 1.63. The number of carbonyl (C=O) groups is 1. The first-order chi connectivity index (χ1) is 9.11. The molecule has 0 spiro atoms. The average molecular weight is 268 g/mol. The van der Waals surface area contributed by atoms with Crippen molar-refractivity contribution in [2.45, 2.75) is 59.0 Å². The van der Waals surface area contributed by atoms with Crippen LogP contribution in [0.15, 0.2) is 24.3 Å². The molecule has 0 rings (SSSR count). The SMILES string of the molecule is C=C(C)C(=O)OCCOC(CC)CCCC=CCC. The Labute approximate surface area is 117 Å². The molecule has 0 amide bonds. The second-order valence-corrected chi connectivity index (χ2v) is 4.63. The first-order valence-corrected chi connectivity index (χ1v) is 7.21. The zero-order valence-corrected chi connectivity index (χ0v) is 12.6. The van der Waals surface area contributed by atoms with Crippen LogP contribution in [0.3, 0.4) is 0 Å². The van der Waals surface area contributed by atoms with E-state index in [1.54, 1.807) is 6.92 Å². The maximum Gasteiger partial charge on any atom is 0.333 e. The van der Waals surface area contributed by atoms with Gasteiger partial charge in [0.05, 0.1) is 12.7 Å². The fraction of sp³-hybridized carbons (Fsp3) is 0.688. The van der Waals surface area contributed by atoms with Gasteiger partial charge in [-0.1, -0.05) is 32.6 Å². The van der Waals surface area contributed by atoms with Crippen molar-refractivity contribution >= 4 is 5.97 Å². The standard InChI is InChI=1S/C16H28O3/c1-5-7-8-9-10-11-15(6-2)18-12-13-19-16(17)14(3)4/h7-8,15H,3,5-6,9-13H2,1-2,4H3. The van der Waals surface area contributed by atoms with Gasteiger partial charge in [0.1, 0.15) is 6.61 Å². The molecule has 1 atom stereocenters. The molecule has 110 valence electrons. The Morgan fingerprint density at radius 1 is 1.26 bits per heavy atom. The van der Waals surface area contributed by atoms with Crippen LogP contribution in [0, 0.1) is 0 Å². The van der Waals surface area contributed by atoms with Gasteiger partial charge < -0.3 is 9.47 Å². The normalized spacial score (nSPS) is 12.6. The van der Waals surface area contributed by atoms with E-state index in [-0.39, 0.29) is 12.1 Å². The highest BCUT2D eigenvalue weighted by Gasteiger charge is 2.07. The van der Waals surface area contributed by atoms with Gasteiger partial charge in [0.2, 0.25) is 0 Å². The van der Waals surface area contributed by atoms with Crippen LogP contribution >= 0.6 is 0 Å². The summed E-state index contributed by atoms with van der Waals surface area (Å²) < 4.78 is 10.7. The molecule has 0 saturated heterocycles. The molecular weight excluding hydrogens is 240 g/mol. The summed E-state index contributed by atoms with van der Waals surface area (Å²) in [5, 5.41) is 0. The maximum atomic E-state index is 11.1. The van der Waals surface area contributed by atoms with Gasteiger partial charge in [0, 0.05) is 5.57 Å². The van der Waals surface area contributed by atoms with Gasteiger partial charge in [0.15, 0.2) is 0 Å². The van der Waals surface area contributed by atoms with Crippen molar-refractivity contribution in [3.05, 3.63) is 24.3 Å². The lowest BCUT2D eigenvalue weighted by Gasteiger charge is -2.15. The molecule has 0 aliphatic rings. The minimum Gasteiger partial charge on any atom is -0.460 e.